The zero-order valence-electron chi connectivity index (χ0n) is 16.1. The van der Waals surface area contributed by atoms with Gasteiger partial charge in [-0.3, -0.25) is 4.79 Å². The van der Waals surface area contributed by atoms with Crippen molar-refractivity contribution in [1.82, 2.24) is 0 Å². The van der Waals surface area contributed by atoms with E-state index in [9.17, 15) is 4.79 Å². The third-order valence-electron chi connectivity index (χ3n) is 5.49. The van der Waals surface area contributed by atoms with Gasteiger partial charge in [0.15, 0.2) is 0 Å². The molecule has 24 heavy (non-hydrogen) atoms. The largest absolute Gasteiger partial charge is 0.469 e. The maximum Gasteiger partial charge on any atom is 0.305 e. The smallest absolute Gasteiger partial charge is 0.305 e. The van der Waals surface area contributed by atoms with Gasteiger partial charge in [-0.15, -0.1) is 0 Å². The molecule has 0 aromatic rings. The fourth-order valence-electron chi connectivity index (χ4n) is 3.94. The van der Waals surface area contributed by atoms with Crippen molar-refractivity contribution < 1.29 is 9.53 Å². The summed E-state index contributed by atoms with van der Waals surface area (Å²) in [6, 6.07) is 0. The van der Waals surface area contributed by atoms with Gasteiger partial charge in [0.05, 0.1) is 7.11 Å². The van der Waals surface area contributed by atoms with Gasteiger partial charge < -0.3 is 4.74 Å². The van der Waals surface area contributed by atoms with Gasteiger partial charge in [0, 0.05) is 6.42 Å². The molecule has 0 unspecified atom stereocenters. The van der Waals surface area contributed by atoms with E-state index in [0.29, 0.717) is 6.42 Å². The fraction of sp³-hybridized carbons (Fsp3) is 0.773. The summed E-state index contributed by atoms with van der Waals surface area (Å²) in [6.07, 6.45) is 22.4. The Morgan fingerprint density at radius 1 is 1.04 bits per heavy atom. The molecule has 0 heterocycles. The summed E-state index contributed by atoms with van der Waals surface area (Å²) in [7, 11) is 1.47. The van der Waals surface area contributed by atoms with Crippen molar-refractivity contribution in [2.75, 3.05) is 7.11 Å². The van der Waals surface area contributed by atoms with Crippen LogP contribution in [-0.4, -0.2) is 13.1 Å². The van der Waals surface area contributed by atoms with Crippen LogP contribution < -0.4 is 0 Å². The van der Waals surface area contributed by atoms with Crippen LogP contribution in [0.25, 0.3) is 0 Å². The number of hydrogen-bond acceptors (Lipinski definition) is 2. The lowest BCUT2D eigenvalue weighted by molar-refractivity contribution is -0.140. The number of carbonyl (C=O) groups excluding carboxylic acids is 1. The lowest BCUT2D eigenvalue weighted by Gasteiger charge is -2.20. The summed E-state index contributed by atoms with van der Waals surface area (Å²) in [5.74, 6) is 2.48. The van der Waals surface area contributed by atoms with Crippen LogP contribution >= 0.6 is 0 Å². The maximum atomic E-state index is 11.1. The van der Waals surface area contributed by atoms with Crippen LogP contribution in [0.3, 0.4) is 0 Å². The Kier molecular flexibility index (Phi) is 11.6. The van der Waals surface area contributed by atoms with E-state index >= 15 is 0 Å². The van der Waals surface area contributed by atoms with Gasteiger partial charge in [0.25, 0.3) is 0 Å². The highest BCUT2D eigenvalue weighted by Gasteiger charge is 2.30. The van der Waals surface area contributed by atoms with Crippen LogP contribution in [0.4, 0.5) is 0 Å². The molecule has 1 aliphatic carbocycles. The normalized spacial score (nSPS) is 24.2. The molecule has 1 fully saturated rings. The molecular formula is C22H38O2. The van der Waals surface area contributed by atoms with Crippen LogP contribution in [0.2, 0.25) is 0 Å². The molecule has 0 aromatic heterocycles. The molecule has 1 saturated carbocycles. The lowest BCUT2D eigenvalue weighted by atomic mass is 9.85. The van der Waals surface area contributed by atoms with Crippen molar-refractivity contribution in [2.24, 2.45) is 17.8 Å². The molecule has 1 aliphatic rings. The van der Waals surface area contributed by atoms with E-state index < -0.39 is 0 Å². The molecule has 2 heteroatoms. The van der Waals surface area contributed by atoms with Gasteiger partial charge in [0.1, 0.15) is 0 Å². The summed E-state index contributed by atoms with van der Waals surface area (Å²) in [6.45, 7) is 4.53. The molecule has 0 radical (unpaired) electrons. The first-order valence-electron chi connectivity index (χ1n) is 10.0. The van der Waals surface area contributed by atoms with Crippen LogP contribution in [-0.2, 0) is 9.53 Å². The standard InChI is InChI=1S/C22H38O2/c1-4-5-6-7-8-11-14-20-18-17-19(2)21(20)15-12-9-10-13-16-22(23)24-3/h4-5,11,14,19-21H,6-10,12-13,15-18H2,1-3H3/t19-,20+,21+/m1/s1. The monoisotopic (exact) mass is 334 g/mol. The van der Waals surface area contributed by atoms with Gasteiger partial charge >= 0.3 is 5.97 Å². The molecule has 0 amide bonds. The first-order chi connectivity index (χ1) is 11.7. The number of hydrogen-bond donors (Lipinski definition) is 0. The van der Waals surface area contributed by atoms with Crippen LogP contribution in [0.15, 0.2) is 24.3 Å². The molecule has 3 atom stereocenters. The van der Waals surface area contributed by atoms with E-state index in [0.717, 1.165) is 30.6 Å². The Labute approximate surface area is 149 Å². The van der Waals surface area contributed by atoms with Gasteiger partial charge in [0.2, 0.25) is 0 Å². The Bertz CT molecular complexity index is 383. The van der Waals surface area contributed by atoms with Crippen molar-refractivity contribution in [3.63, 3.8) is 0 Å². The van der Waals surface area contributed by atoms with E-state index in [4.69, 9.17) is 0 Å². The zero-order valence-corrected chi connectivity index (χ0v) is 16.1. The zero-order chi connectivity index (χ0) is 17.6. The third-order valence-corrected chi connectivity index (χ3v) is 5.49. The van der Waals surface area contributed by atoms with Gasteiger partial charge in [-0.05, 0) is 69.6 Å². The second-order valence-electron chi connectivity index (χ2n) is 7.34. The summed E-state index contributed by atoms with van der Waals surface area (Å²) in [4.78, 5) is 11.1. The first kappa shape index (κ1) is 21.0. The van der Waals surface area contributed by atoms with E-state index in [2.05, 4.69) is 42.9 Å². The topological polar surface area (TPSA) is 26.3 Å². The van der Waals surface area contributed by atoms with E-state index in [1.54, 1.807) is 0 Å². The van der Waals surface area contributed by atoms with Crippen LogP contribution in [0.5, 0.6) is 0 Å². The molecular weight excluding hydrogens is 296 g/mol. The van der Waals surface area contributed by atoms with Crippen molar-refractivity contribution in [3.8, 4) is 0 Å². The Morgan fingerprint density at radius 2 is 1.79 bits per heavy atom. The number of rotatable bonds is 12. The maximum absolute atomic E-state index is 11.1. The van der Waals surface area contributed by atoms with Gasteiger partial charge in [-0.2, -0.15) is 0 Å². The SMILES string of the molecule is CC=CCCCC=C[C@H]1CC[C@@H](C)[C@@H]1CCCCCCC(=O)OC. The number of methoxy groups -OCH3 is 1. The second-order valence-corrected chi connectivity index (χ2v) is 7.34. The predicted molar refractivity (Wildman–Crippen MR) is 103 cm³/mol. The molecule has 0 saturated heterocycles. The predicted octanol–water partition coefficient (Wildman–Crippen LogP) is 6.46. The molecule has 2 nitrogen and oxygen atoms in total. The first-order valence-corrected chi connectivity index (χ1v) is 10.0. The van der Waals surface area contributed by atoms with Gasteiger partial charge in [-0.25, -0.2) is 0 Å². The summed E-state index contributed by atoms with van der Waals surface area (Å²) in [5.41, 5.74) is 0. The van der Waals surface area contributed by atoms with E-state index in [-0.39, 0.29) is 5.97 Å². The number of ether oxygens (including phenoxy) is 1. The molecule has 0 N–H and O–H groups in total. The Balaban J connectivity index is 2.18. The lowest BCUT2D eigenvalue weighted by Crippen LogP contribution is -2.11. The van der Waals surface area contributed by atoms with Crippen molar-refractivity contribution in [3.05, 3.63) is 24.3 Å². The highest BCUT2D eigenvalue weighted by atomic mass is 16.5. The number of allylic oxidation sites excluding steroid dienone is 4. The average molecular weight is 335 g/mol. The third kappa shape index (κ3) is 8.70. The summed E-state index contributed by atoms with van der Waals surface area (Å²) >= 11 is 0. The molecule has 0 bridgehead atoms. The quantitative estimate of drug-likeness (QED) is 0.232. The Morgan fingerprint density at radius 3 is 2.54 bits per heavy atom. The minimum absolute atomic E-state index is 0.0703. The number of esters is 1. The highest BCUT2D eigenvalue weighted by Crippen LogP contribution is 2.40. The summed E-state index contributed by atoms with van der Waals surface area (Å²) in [5, 5.41) is 0. The van der Waals surface area contributed by atoms with Crippen molar-refractivity contribution in [1.29, 1.82) is 0 Å². The second kappa shape index (κ2) is 13.3. The van der Waals surface area contributed by atoms with E-state index in [1.807, 2.05) is 0 Å². The van der Waals surface area contributed by atoms with Crippen LogP contribution in [0, 0.1) is 17.8 Å². The van der Waals surface area contributed by atoms with Gasteiger partial charge in [-0.1, -0.05) is 50.5 Å². The highest BCUT2D eigenvalue weighted by molar-refractivity contribution is 5.68. The number of unbranched alkanes of at least 4 members (excludes halogenated alkanes) is 5. The molecule has 0 spiro atoms. The van der Waals surface area contributed by atoms with Crippen LogP contribution in [0.1, 0.15) is 84.5 Å². The van der Waals surface area contributed by atoms with Crippen molar-refractivity contribution in [2.45, 2.75) is 84.5 Å². The average Bonchev–Trinajstić information content (AvgIpc) is 2.94. The summed E-state index contributed by atoms with van der Waals surface area (Å²) < 4.78 is 4.68. The minimum atomic E-state index is -0.0703. The Hall–Kier alpha value is -1.05. The molecule has 0 aliphatic heterocycles. The fourth-order valence-corrected chi connectivity index (χ4v) is 3.94. The molecule has 0 aromatic carbocycles. The van der Waals surface area contributed by atoms with E-state index in [1.165, 1.54) is 58.5 Å². The molecule has 1 rings (SSSR count). The minimum Gasteiger partial charge on any atom is -0.469 e. The van der Waals surface area contributed by atoms with Crippen molar-refractivity contribution >= 4 is 5.97 Å². The number of carbonyl (C=O) groups is 1. The molecule has 138 valence electrons.